The Morgan fingerprint density at radius 3 is 1.80 bits per heavy atom. The fraction of sp³-hybridized carbons (Fsp3) is 0.351. The van der Waals surface area contributed by atoms with Gasteiger partial charge in [0.05, 0.1) is 73.6 Å². The third-order valence-corrected chi connectivity index (χ3v) is 8.80. The van der Waals surface area contributed by atoms with Crippen molar-refractivity contribution in [3.8, 4) is 23.1 Å². The zero-order valence-corrected chi connectivity index (χ0v) is 30.9. The second-order valence-corrected chi connectivity index (χ2v) is 13.0. The molecule has 4 aromatic rings. The van der Waals surface area contributed by atoms with Crippen LogP contribution in [0.1, 0.15) is 22.5 Å². The van der Waals surface area contributed by atoms with Crippen LogP contribution in [-0.4, -0.2) is 129 Å². The van der Waals surface area contributed by atoms with Gasteiger partial charge in [-0.3, -0.25) is 9.69 Å². The largest absolute Gasteiger partial charge is 0.549 e. The van der Waals surface area contributed by atoms with Gasteiger partial charge in [0.15, 0.2) is 11.5 Å². The number of carboxylic acids is 6. The minimum absolute atomic E-state index is 0.00742. The summed E-state index contributed by atoms with van der Waals surface area (Å²) in [5.74, 6) is -10.6. The number of rotatable bonds is 22. The van der Waals surface area contributed by atoms with E-state index in [1.807, 2.05) is 0 Å². The van der Waals surface area contributed by atoms with E-state index in [1.54, 1.807) is 15.9 Å². The molecule has 0 unspecified atom stereocenters. The van der Waals surface area contributed by atoms with E-state index in [2.05, 4.69) is 4.98 Å². The second-order valence-electron chi connectivity index (χ2n) is 13.0. The predicted molar refractivity (Wildman–Crippen MR) is 184 cm³/mol. The van der Waals surface area contributed by atoms with Crippen molar-refractivity contribution in [3.05, 3.63) is 53.9 Å². The van der Waals surface area contributed by atoms with E-state index in [4.69, 9.17) is 18.3 Å². The molecule has 2 aromatic heterocycles. The number of amides is 1. The molecule has 0 bridgehead atoms. The molecule has 5 rings (SSSR count). The van der Waals surface area contributed by atoms with Gasteiger partial charge in [-0.05, 0) is 36.2 Å². The van der Waals surface area contributed by atoms with Gasteiger partial charge in [-0.1, -0.05) is 6.07 Å². The Balaban J connectivity index is 1.37. The molecule has 0 N–H and O–H groups in total. The number of hydrogen-bond acceptors (Lipinski definition) is 21. The SMILES string of the molecule is O=C([O-])CN1CCN(C(=O)CCc2ccc(N(CC(=O)[O-])CC(=O)[O-])c(OCCOc3cc4cc(-c5ncc(C(=O)[O-])o5)oc4cc3N(CC(=O)[O-])CC(=O)[O-])c2)CC1. The first-order valence-electron chi connectivity index (χ1n) is 17.7. The molecule has 1 amide bonds. The van der Waals surface area contributed by atoms with Crippen LogP contribution in [0.15, 0.2) is 51.4 Å². The maximum absolute atomic E-state index is 13.0. The van der Waals surface area contributed by atoms with Gasteiger partial charge in [-0.15, -0.1) is 0 Å². The van der Waals surface area contributed by atoms with E-state index in [9.17, 15) is 64.2 Å². The molecule has 59 heavy (non-hydrogen) atoms. The lowest BCUT2D eigenvalue weighted by Gasteiger charge is -2.35. The number of carbonyl (C=O) groups excluding carboxylic acids is 7. The lowest BCUT2D eigenvalue weighted by Crippen LogP contribution is -2.51. The summed E-state index contributed by atoms with van der Waals surface area (Å²) in [4.78, 5) is 90.2. The first-order valence-corrected chi connectivity index (χ1v) is 17.7. The van der Waals surface area contributed by atoms with Crippen molar-refractivity contribution >= 4 is 64.1 Å². The highest BCUT2D eigenvalue weighted by Crippen LogP contribution is 2.37. The van der Waals surface area contributed by atoms with Gasteiger partial charge in [0.25, 0.3) is 5.89 Å². The minimum Gasteiger partial charge on any atom is -0.549 e. The number of piperazine rings is 1. The number of hydrogen-bond donors (Lipinski definition) is 0. The fourth-order valence-corrected chi connectivity index (χ4v) is 6.22. The van der Waals surface area contributed by atoms with Crippen LogP contribution in [0.4, 0.5) is 11.4 Å². The number of aliphatic carboxylic acids is 5. The number of nitrogens with zero attached hydrogens (tertiary/aromatic N) is 5. The quantitative estimate of drug-likeness (QED) is 0.0665. The fourth-order valence-electron chi connectivity index (χ4n) is 6.22. The molecule has 1 aliphatic rings. The van der Waals surface area contributed by atoms with Crippen LogP contribution in [0.2, 0.25) is 0 Å². The predicted octanol–water partition coefficient (Wildman–Crippen LogP) is -6.65. The van der Waals surface area contributed by atoms with Crippen LogP contribution in [0.3, 0.4) is 0 Å². The van der Waals surface area contributed by atoms with Crippen LogP contribution >= 0.6 is 0 Å². The van der Waals surface area contributed by atoms with Crippen molar-refractivity contribution in [2.75, 3.05) is 81.9 Å². The highest BCUT2D eigenvalue weighted by atomic mass is 16.5. The Labute approximate surface area is 332 Å². The summed E-state index contributed by atoms with van der Waals surface area (Å²) < 4.78 is 22.7. The molecule has 2 aromatic carbocycles. The number of oxazole rings is 1. The van der Waals surface area contributed by atoms with Crippen molar-refractivity contribution in [3.63, 3.8) is 0 Å². The van der Waals surface area contributed by atoms with Crippen LogP contribution in [-0.2, 0) is 35.2 Å². The number of aryl methyl sites for hydroxylation is 1. The maximum Gasteiger partial charge on any atom is 0.263 e. The van der Waals surface area contributed by atoms with E-state index < -0.39 is 67.8 Å². The van der Waals surface area contributed by atoms with Gasteiger partial charge >= 0.3 is 0 Å². The lowest BCUT2D eigenvalue weighted by atomic mass is 10.1. The molecule has 0 spiro atoms. The van der Waals surface area contributed by atoms with Crippen molar-refractivity contribution in [2.24, 2.45) is 0 Å². The highest BCUT2D eigenvalue weighted by Gasteiger charge is 2.23. The Kier molecular flexibility index (Phi) is 13.9. The Morgan fingerprint density at radius 1 is 0.678 bits per heavy atom. The zero-order valence-electron chi connectivity index (χ0n) is 30.9. The number of benzene rings is 2. The molecule has 0 aliphatic carbocycles. The number of furan rings is 1. The number of ether oxygens (including phenoxy) is 2. The summed E-state index contributed by atoms with van der Waals surface area (Å²) >= 11 is 0. The average molecular weight is 820 g/mol. The molecule has 314 valence electrons. The number of aromatic carboxylic acids is 1. The third kappa shape index (κ3) is 11.8. The first kappa shape index (κ1) is 42.8. The van der Waals surface area contributed by atoms with Crippen LogP contribution in [0.5, 0.6) is 11.5 Å². The molecule has 1 saturated heterocycles. The normalized spacial score (nSPS) is 12.8. The van der Waals surface area contributed by atoms with Crippen molar-refractivity contribution in [2.45, 2.75) is 12.8 Å². The van der Waals surface area contributed by atoms with Gasteiger partial charge in [-0.2, -0.15) is 0 Å². The van der Waals surface area contributed by atoms with Crippen LogP contribution < -0.4 is 49.9 Å². The molecular formula is C37H33N5O17-6. The summed E-state index contributed by atoms with van der Waals surface area (Å²) in [7, 11) is 0. The summed E-state index contributed by atoms with van der Waals surface area (Å²) in [6.45, 7) is -3.20. The van der Waals surface area contributed by atoms with Crippen LogP contribution in [0, 0.1) is 0 Å². The minimum atomic E-state index is -1.65. The molecule has 0 atom stereocenters. The molecule has 22 heteroatoms. The van der Waals surface area contributed by atoms with Crippen LogP contribution in [0.25, 0.3) is 22.6 Å². The molecule has 22 nitrogen and oxygen atoms in total. The van der Waals surface area contributed by atoms with E-state index in [1.165, 1.54) is 30.3 Å². The smallest absolute Gasteiger partial charge is 0.263 e. The van der Waals surface area contributed by atoms with Gasteiger partial charge < -0.3 is 92.4 Å². The summed E-state index contributed by atoms with van der Waals surface area (Å²) in [6, 6.07) is 8.40. The number of fused-ring (bicyclic) bond motifs is 1. The standard InChI is InChI=1S/C37H39N5O17/c43-30(40-7-5-39(6-8-40)16-31(44)45)4-2-21-1-3-23(41(17-32(46)47)18-33(48)49)26(11-21)56-9-10-57-27-12-22-13-28(36-38-15-29(59-36)37(54)55)58-25(22)14-24(27)42(19-34(50)51)20-35(52)53/h1,3,11-15H,2,4-10,16-20H2,(H,44,45)(H,46,47)(H,48,49)(H,50,51)(H,52,53)(H,54,55)/p-6. The molecule has 1 aliphatic heterocycles. The van der Waals surface area contributed by atoms with Crippen molar-refractivity contribution < 1.29 is 82.5 Å². The molecule has 0 radical (unpaired) electrons. The van der Waals surface area contributed by atoms with E-state index in [0.29, 0.717) is 37.1 Å². The van der Waals surface area contributed by atoms with Gasteiger partial charge in [0, 0.05) is 50.6 Å². The molecule has 1 fully saturated rings. The molecule has 3 heterocycles. The Hall–Kier alpha value is -7.36. The Bertz CT molecular complexity index is 2190. The maximum atomic E-state index is 13.0. The second kappa shape index (κ2) is 19.2. The summed E-state index contributed by atoms with van der Waals surface area (Å²) in [6.07, 6.45) is 1.11. The molecule has 0 saturated carbocycles. The monoisotopic (exact) mass is 819 g/mol. The van der Waals surface area contributed by atoms with Crippen molar-refractivity contribution in [1.29, 1.82) is 0 Å². The Morgan fingerprint density at radius 2 is 1.25 bits per heavy atom. The van der Waals surface area contributed by atoms with Gasteiger partial charge in [0.2, 0.25) is 5.91 Å². The highest BCUT2D eigenvalue weighted by molar-refractivity contribution is 5.90. The third-order valence-electron chi connectivity index (χ3n) is 8.80. The number of anilines is 2. The van der Waals surface area contributed by atoms with E-state index >= 15 is 0 Å². The number of aromatic nitrogens is 1. The average Bonchev–Trinajstić information content (AvgIpc) is 3.82. The van der Waals surface area contributed by atoms with Gasteiger partial charge in [-0.25, -0.2) is 4.98 Å². The number of carboxylic acid groups (broad SMARTS) is 6. The van der Waals surface area contributed by atoms with E-state index in [0.717, 1.165) is 16.0 Å². The van der Waals surface area contributed by atoms with E-state index in [-0.39, 0.29) is 78.6 Å². The topological polar surface area (TPSA) is 328 Å². The number of carbonyl (C=O) groups is 7. The lowest BCUT2D eigenvalue weighted by molar-refractivity contribution is -0.307. The molecular weight excluding hydrogens is 786 g/mol. The first-order chi connectivity index (χ1) is 28.1. The van der Waals surface area contributed by atoms with Crippen molar-refractivity contribution in [1.82, 2.24) is 14.8 Å². The summed E-state index contributed by atoms with van der Waals surface area (Å²) in [5.41, 5.74) is 0.480. The summed E-state index contributed by atoms with van der Waals surface area (Å²) in [5, 5.41) is 68.7. The zero-order chi connectivity index (χ0) is 42.8. The van der Waals surface area contributed by atoms with Gasteiger partial charge in [0.1, 0.15) is 36.3 Å².